The molecule has 0 aromatic rings. The monoisotopic (exact) mass is 302 g/mol. The van der Waals surface area contributed by atoms with Crippen LogP contribution < -0.4 is 0 Å². The van der Waals surface area contributed by atoms with Gasteiger partial charge in [-0.3, -0.25) is 0 Å². The van der Waals surface area contributed by atoms with Crippen molar-refractivity contribution in [3.8, 4) is 0 Å². The third kappa shape index (κ3) is 38.2. The molecule has 0 fully saturated rings. The number of unbranched alkanes of at least 4 members (excludes halogenated alkanes) is 1. The van der Waals surface area contributed by atoms with Crippen LogP contribution in [-0.2, 0) is 0 Å². The van der Waals surface area contributed by atoms with Crippen molar-refractivity contribution in [2.45, 2.75) is 66.2 Å². The molecule has 0 heterocycles. The number of hydrogen-bond acceptors (Lipinski definition) is 3. The highest BCUT2D eigenvalue weighted by Gasteiger charge is 1.93. The van der Waals surface area contributed by atoms with E-state index in [0.29, 0.717) is 19.1 Å². The summed E-state index contributed by atoms with van der Waals surface area (Å²) >= 11 is 0. The van der Waals surface area contributed by atoms with Crippen LogP contribution in [0.2, 0.25) is 0 Å². The molecule has 0 amide bonds. The summed E-state index contributed by atoms with van der Waals surface area (Å²) < 4.78 is 0. The Morgan fingerprint density at radius 3 is 1.86 bits per heavy atom. The van der Waals surface area contributed by atoms with E-state index in [0.717, 1.165) is 32.1 Å². The van der Waals surface area contributed by atoms with Crippen LogP contribution in [0.5, 0.6) is 0 Å². The lowest BCUT2D eigenvalue weighted by Crippen LogP contribution is -1.94. The van der Waals surface area contributed by atoms with Crippen LogP contribution in [0, 0.1) is 5.92 Å². The van der Waals surface area contributed by atoms with Crippen molar-refractivity contribution in [2.75, 3.05) is 19.8 Å². The summed E-state index contributed by atoms with van der Waals surface area (Å²) in [5.74, 6) is 0.699. The second-order valence-electron chi connectivity index (χ2n) is 4.85. The second-order valence-corrected chi connectivity index (χ2v) is 4.85. The molecule has 3 heteroatoms. The van der Waals surface area contributed by atoms with E-state index in [4.69, 9.17) is 15.3 Å². The lowest BCUT2D eigenvalue weighted by Gasteiger charge is -2.01. The maximum absolute atomic E-state index is 8.37. The Labute approximate surface area is 132 Å². The van der Waals surface area contributed by atoms with Gasteiger partial charge in [0.05, 0.1) is 0 Å². The molecule has 0 bridgehead atoms. The van der Waals surface area contributed by atoms with Gasteiger partial charge in [-0.05, 0) is 44.9 Å². The number of rotatable bonds is 9. The van der Waals surface area contributed by atoms with E-state index >= 15 is 0 Å². The molecule has 0 radical (unpaired) electrons. The van der Waals surface area contributed by atoms with E-state index in [1.54, 1.807) is 0 Å². The minimum Gasteiger partial charge on any atom is -0.396 e. The van der Waals surface area contributed by atoms with E-state index in [1.165, 1.54) is 6.42 Å². The maximum atomic E-state index is 8.37. The van der Waals surface area contributed by atoms with Gasteiger partial charge in [0, 0.05) is 19.8 Å². The molecule has 21 heavy (non-hydrogen) atoms. The van der Waals surface area contributed by atoms with Crippen molar-refractivity contribution < 1.29 is 15.3 Å². The minimum absolute atomic E-state index is 0.274. The average Bonchev–Trinajstić information content (AvgIpc) is 2.50. The second kappa shape index (κ2) is 27.7. The lowest BCUT2D eigenvalue weighted by atomic mass is 10.1. The summed E-state index contributed by atoms with van der Waals surface area (Å²) in [6.45, 7) is 9.28. The van der Waals surface area contributed by atoms with Gasteiger partial charge < -0.3 is 15.3 Å². The van der Waals surface area contributed by atoms with E-state index < -0.39 is 0 Å². The molecule has 3 nitrogen and oxygen atoms in total. The fourth-order valence-electron chi connectivity index (χ4n) is 1.16. The van der Waals surface area contributed by atoms with Gasteiger partial charge in [0.1, 0.15) is 0 Å². The summed E-state index contributed by atoms with van der Waals surface area (Å²) in [6, 6.07) is 0. The van der Waals surface area contributed by atoms with Crippen molar-refractivity contribution >= 4 is 0 Å². The highest BCUT2D eigenvalue weighted by atomic mass is 16.3. The fourth-order valence-corrected chi connectivity index (χ4v) is 1.16. The Morgan fingerprint density at radius 1 is 0.857 bits per heavy atom. The van der Waals surface area contributed by atoms with Crippen molar-refractivity contribution in [1.29, 1.82) is 0 Å². The van der Waals surface area contributed by atoms with E-state index in [-0.39, 0.29) is 6.61 Å². The maximum Gasteiger partial charge on any atom is 0.0465 e. The van der Waals surface area contributed by atoms with Crippen LogP contribution in [0.15, 0.2) is 24.3 Å². The number of aliphatic hydroxyl groups is 3. The first-order chi connectivity index (χ1) is 10.1. The molecule has 0 aliphatic rings. The van der Waals surface area contributed by atoms with Gasteiger partial charge >= 0.3 is 0 Å². The van der Waals surface area contributed by atoms with Crippen molar-refractivity contribution in [3.63, 3.8) is 0 Å². The van der Waals surface area contributed by atoms with E-state index in [9.17, 15) is 0 Å². The van der Waals surface area contributed by atoms with Gasteiger partial charge in [0.2, 0.25) is 0 Å². The molecule has 1 unspecified atom stereocenters. The zero-order valence-electron chi connectivity index (χ0n) is 14.6. The molecule has 0 saturated heterocycles. The smallest absolute Gasteiger partial charge is 0.0465 e. The first kappa shape index (κ1) is 25.3. The van der Waals surface area contributed by atoms with Crippen LogP contribution in [0.3, 0.4) is 0 Å². The first-order valence-electron chi connectivity index (χ1n) is 8.23. The number of allylic oxidation sites excluding steroid dienone is 3. The number of aliphatic hydroxyl groups excluding tert-OH is 3. The SMILES string of the molecule is C/C=C\CCCO.CC/C=C\CCO.CCC(C)CCO. The number of hydrogen-bond donors (Lipinski definition) is 3. The quantitative estimate of drug-likeness (QED) is 0.444. The third-order valence-electron chi connectivity index (χ3n) is 2.78. The van der Waals surface area contributed by atoms with E-state index in [2.05, 4.69) is 32.9 Å². The molecule has 0 aromatic carbocycles. The summed E-state index contributed by atoms with van der Waals surface area (Å²) in [6.07, 6.45) is 14.0. The van der Waals surface area contributed by atoms with Crippen molar-refractivity contribution in [1.82, 2.24) is 0 Å². The summed E-state index contributed by atoms with van der Waals surface area (Å²) in [5.41, 5.74) is 0. The molecule has 0 rings (SSSR count). The van der Waals surface area contributed by atoms with Crippen molar-refractivity contribution in [2.24, 2.45) is 5.92 Å². The summed E-state index contributed by atoms with van der Waals surface area (Å²) in [5, 5.41) is 24.9. The molecule has 0 saturated carbocycles. The normalized spacial score (nSPS) is 11.8. The minimum atomic E-state index is 0.274. The predicted molar refractivity (Wildman–Crippen MR) is 93.4 cm³/mol. The summed E-state index contributed by atoms with van der Waals surface area (Å²) in [4.78, 5) is 0. The van der Waals surface area contributed by atoms with Gasteiger partial charge in [-0.2, -0.15) is 0 Å². The molecule has 3 N–H and O–H groups in total. The molecule has 128 valence electrons. The van der Waals surface area contributed by atoms with Gasteiger partial charge in [0.25, 0.3) is 0 Å². The molecular formula is C18H38O3. The first-order valence-corrected chi connectivity index (χ1v) is 8.23. The van der Waals surface area contributed by atoms with Crippen LogP contribution in [-0.4, -0.2) is 35.1 Å². The zero-order valence-corrected chi connectivity index (χ0v) is 14.6. The fraction of sp³-hybridized carbons (Fsp3) is 0.778. The van der Waals surface area contributed by atoms with Crippen LogP contribution >= 0.6 is 0 Å². The Balaban J connectivity index is -0.000000231. The highest BCUT2D eigenvalue weighted by Crippen LogP contribution is 2.03. The largest absolute Gasteiger partial charge is 0.396 e. The van der Waals surface area contributed by atoms with Crippen LogP contribution in [0.25, 0.3) is 0 Å². The average molecular weight is 302 g/mol. The van der Waals surface area contributed by atoms with Gasteiger partial charge in [0.15, 0.2) is 0 Å². The zero-order chi connectivity index (χ0) is 16.8. The Bertz CT molecular complexity index is 201. The predicted octanol–water partition coefficient (Wildman–Crippen LogP) is 4.08. The molecule has 0 aliphatic heterocycles. The Kier molecular flexibility index (Phi) is 33.4. The van der Waals surface area contributed by atoms with Gasteiger partial charge in [-0.1, -0.05) is 51.5 Å². The van der Waals surface area contributed by atoms with Gasteiger partial charge in [-0.15, -0.1) is 0 Å². The van der Waals surface area contributed by atoms with E-state index in [1.807, 2.05) is 19.1 Å². The van der Waals surface area contributed by atoms with Crippen LogP contribution in [0.4, 0.5) is 0 Å². The van der Waals surface area contributed by atoms with Crippen LogP contribution in [0.1, 0.15) is 66.2 Å². The topological polar surface area (TPSA) is 60.7 Å². The Hall–Kier alpha value is -0.640. The summed E-state index contributed by atoms with van der Waals surface area (Å²) in [7, 11) is 0. The standard InChI is InChI=1S/C6H14O.2C6H12O/c1-3-6(2)4-5-7;2*1-2-3-4-5-6-7/h6-7H,3-5H2,1-2H3;3-4,7H,2,5-6H2,1H3;2-3,7H,4-6H2,1H3/b;4-3-;3-2-. The molecular weight excluding hydrogens is 264 g/mol. The molecule has 0 aromatic heterocycles. The third-order valence-corrected chi connectivity index (χ3v) is 2.78. The highest BCUT2D eigenvalue weighted by molar-refractivity contribution is 4.79. The molecule has 1 atom stereocenters. The molecule has 0 spiro atoms. The van der Waals surface area contributed by atoms with Crippen molar-refractivity contribution in [3.05, 3.63) is 24.3 Å². The lowest BCUT2D eigenvalue weighted by molar-refractivity contribution is 0.260. The molecule has 0 aliphatic carbocycles. The van der Waals surface area contributed by atoms with Gasteiger partial charge in [-0.25, -0.2) is 0 Å². The Morgan fingerprint density at radius 2 is 1.52 bits per heavy atom.